The number of hydrogen-bond acceptors (Lipinski definition) is 4. The molecule has 0 aliphatic carbocycles. The van der Waals surface area contributed by atoms with Crippen molar-refractivity contribution in [2.24, 2.45) is 0 Å². The standard InChI is InChI=1S/C11H7NO4/c13-9-6-5-7-3-1-2-4-8(7)10(11(9)14)12(15)16/h1-6H,(H,13,14). The smallest absolute Gasteiger partial charge is 0.322 e. The topological polar surface area (TPSA) is 80.4 Å². The lowest BCUT2D eigenvalue weighted by Crippen LogP contribution is -1.97. The van der Waals surface area contributed by atoms with Gasteiger partial charge in [0.05, 0.1) is 10.3 Å². The van der Waals surface area contributed by atoms with Gasteiger partial charge in [-0.25, -0.2) is 0 Å². The van der Waals surface area contributed by atoms with Gasteiger partial charge in [0.25, 0.3) is 0 Å². The Balaban J connectivity index is 3.09. The van der Waals surface area contributed by atoms with Crippen LogP contribution in [0.1, 0.15) is 0 Å². The molecule has 0 heterocycles. The van der Waals surface area contributed by atoms with Crippen LogP contribution in [-0.2, 0) is 0 Å². The highest BCUT2D eigenvalue weighted by molar-refractivity contribution is 5.92. The number of benzene rings is 1. The van der Waals surface area contributed by atoms with Crippen LogP contribution in [0.15, 0.2) is 41.2 Å². The molecule has 0 aliphatic heterocycles. The summed E-state index contributed by atoms with van der Waals surface area (Å²) in [5.74, 6) is -0.828. The van der Waals surface area contributed by atoms with E-state index in [9.17, 15) is 20.0 Å². The molecule has 0 fully saturated rings. The van der Waals surface area contributed by atoms with Crippen molar-refractivity contribution in [1.82, 2.24) is 0 Å². The van der Waals surface area contributed by atoms with Gasteiger partial charge in [-0.15, -0.1) is 0 Å². The molecule has 0 spiro atoms. The Morgan fingerprint density at radius 1 is 1.12 bits per heavy atom. The average Bonchev–Trinajstić information content (AvgIpc) is 2.38. The molecule has 0 bridgehead atoms. The number of aromatic hydroxyl groups is 1. The largest absolute Gasteiger partial charge is 0.499 e. The predicted molar refractivity (Wildman–Crippen MR) is 58.5 cm³/mol. The van der Waals surface area contributed by atoms with E-state index in [4.69, 9.17) is 0 Å². The van der Waals surface area contributed by atoms with Crippen molar-refractivity contribution in [3.8, 4) is 5.75 Å². The SMILES string of the molecule is O=c1ccc2ccccc2c([N+](=O)[O-])c1O. The van der Waals surface area contributed by atoms with Crippen LogP contribution in [0, 0.1) is 10.1 Å². The van der Waals surface area contributed by atoms with Crippen LogP contribution in [0.4, 0.5) is 5.69 Å². The molecule has 2 rings (SSSR count). The molecule has 80 valence electrons. The lowest BCUT2D eigenvalue weighted by molar-refractivity contribution is -0.384. The van der Waals surface area contributed by atoms with Gasteiger partial charge in [0, 0.05) is 0 Å². The molecule has 1 N–H and O–H groups in total. The molecule has 0 saturated carbocycles. The van der Waals surface area contributed by atoms with Gasteiger partial charge in [-0.1, -0.05) is 24.3 Å². The lowest BCUT2D eigenvalue weighted by atomic mass is 10.1. The van der Waals surface area contributed by atoms with Crippen LogP contribution >= 0.6 is 0 Å². The summed E-state index contributed by atoms with van der Waals surface area (Å²) in [4.78, 5) is 21.4. The van der Waals surface area contributed by atoms with Crippen LogP contribution in [0.2, 0.25) is 0 Å². The summed E-state index contributed by atoms with van der Waals surface area (Å²) in [7, 11) is 0. The molecule has 0 saturated heterocycles. The first-order chi connectivity index (χ1) is 7.61. The zero-order chi connectivity index (χ0) is 11.7. The Hall–Kier alpha value is -2.43. The molecule has 0 amide bonds. The highest BCUT2D eigenvalue weighted by atomic mass is 16.6. The summed E-state index contributed by atoms with van der Waals surface area (Å²) in [5.41, 5.74) is -1.31. The Morgan fingerprint density at radius 2 is 1.81 bits per heavy atom. The first-order valence-electron chi connectivity index (χ1n) is 4.50. The van der Waals surface area contributed by atoms with Gasteiger partial charge in [-0.3, -0.25) is 14.9 Å². The summed E-state index contributed by atoms with van der Waals surface area (Å²) < 4.78 is 0. The maximum atomic E-state index is 11.3. The molecule has 2 aromatic carbocycles. The van der Waals surface area contributed by atoms with Crippen molar-refractivity contribution >= 4 is 16.5 Å². The van der Waals surface area contributed by atoms with E-state index in [2.05, 4.69) is 0 Å². The molecule has 0 aromatic heterocycles. The predicted octanol–water partition coefficient (Wildman–Crippen LogP) is 1.81. The Labute approximate surface area is 89.7 Å². The van der Waals surface area contributed by atoms with E-state index in [0.717, 1.165) is 6.07 Å². The molecule has 0 radical (unpaired) electrons. The van der Waals surface area contributed by atoms with Crippen LogP contribution in [0.25, 0.3) is 10.8 Å². The van der Waals surface area contributed by atoms with E-state index in [1.807, 2.05) is 0 Å². The summed E-state index contributed by atoms with van der Waals surface area (Å²) in [6, 6.07) is 9.01. The van der Waals surface area contributed by atoms with E-state index < -0.39 is 21.8 Å². The molecule has 0 unspecified atom stereocenters. The minimum atomic E-state index is -0.828. The van der Waals surface area contributed by atoms with Crippen molar-refractivity contribution in [1.29, 1.82) is 0 Å². The van der Waals surface area contributed by atoms with E-state index in [1.165, 1.54) is 12.1 Å². The first-order valence-corrected chi connectivity index (χ1v) is 4.50. The number of rotatable bonds is 1. The van der Waals surface area contributed by atoms with Crippen molar-refractivity contribution in [3.63, 3.8) is 0 Å². The van der Waals surface area contributed by atoms with Crippen LogP contribution < -0.4 is 5.43 Å². The quantitative estimate of drug-likeness (QED) is 0.583. The maximum absolute atomic E-state index is 11.3. The second-order valence-corrected chi connectivity index (χ2v) is 3.24. The van der Waals surface area contributed by atoms with Gasteiger partial charge in [0.15, 0.2) is 0 Å². The van der Waals surface area contributed by atoms with E-state index in [1.54, 1.807) is 18.2 Å². The average molecular weight is 217 g/mol. The van der Waals surface area contributed by atoms with Gasteiger partial charge in [-0.05, 0) is 17.5 Å². The molecule has 2 aromatic rings. The molecule has 16 heavy (non-hydrogen) atoms. The fourth-order valence-corrected chi connectivity index (χ4v) is 1.53. The summed E-state index contributed by atoms with van der Waals surface area (Å²) in [6.07, 6.45) is 0. The highest BCUT2D eigenvalue weighted by Crippen LogP contribution is 2.29. The third-order valence-corrected chi connectivity index (χ3v) is 2.27. The van der Waals surface area contributed by atoms with Crippen molar-refractivity contribution in [2.45, 2.75) is 0 Å². The molecular formula is C11H7NO4. The fraction of sp³-hybridized carbons (Fsp3) is 0. The number of nitro groups is 1. The van der Waals surface area contributed by atoms with Gasteiger partial charge in [-0.2, -0.15) is 0 Å². The number of nitrogens with zero attached hydrogens (tertiary/aromatic N) is 1. The molecule has 5 heteroatoms. The molecule has 5 nitrogen and oxygen atoms in total. The minimum Gasteiger partial charge on any atom is -0.499 e. The number of fused-ring (bicyclic) bond motifs is 1. The van der Waals surface area contributed by atoms with Crippen LogP contribution in [0.3, 0.4) is 0 Å². The van der Waals surface area contributed by atoms with Gasteiger partial charge >= 0.3 is 5.69 Å². The van der Waals surface area contributed by atoms with Crippen molar-refractivity contribution in [2.75, 3.05) is 0 Å². The molecule has 0 aliphatic rings. The lowest BCUT2D eigenvalue weighted by Gasteiger charge is -1.94. The van der Waals surface area contributed by atoms with E-state index in [0.29, 0.717) is 5.39 Å². The first kappa shape index (κ1) is 10.1. The summed E-state index contributed by atoms with van der Waals surface area (Å²) in [6.45, 7) is 0. The third kappa shape index (κ3) is 1.48. The Morgan fingerprint density at radius 3 is 2.50 bits per heavy atom. The zero-order valence-corrected chi connectivity index (χ0v) is 8.08. The monoisotopic (exact) mass is 217 g/mol. The minimum absolute atomic E-state index is 0.243. The van der Waals surface area contributed by atoms with E-state index in [-0.39, 0.29) is 5.39 Å². The van der Waals surface area contributed by atoms with Crippen molar-refractivity contribution < 1.29 is 10.0 Å². The van der Waals surface area contributed by atoms with Gasteiger partial charge in [0.1, 0.15) is 0 Å². The second-order valence-electron chi connectivity index (χ2n) is 3.24. The van der Waals surface area contributed by atoms with Crippen LogP contribution in [-0.4, -0.2) is 10.0 Å². The highest BCUT2D eigenvalue weighted by Gasteiger charge is 2.18. The molecule has 0 atom stereocenters. The zero-order valence-electron chi connectivity index (χ0n) is 8.08. The Kier molecular flexibility index (Phi) is 2.28. The van der Waals surface area contributed by atoms with Gasteiger partial charge in [0.2, 0.25) is 11.2 Å². The fourth-order valence-electron chi connectivity index (χ4n) is 1.53. The normalized spacial score (nSPS) is 10.2. The summed E-state index contributed by atoms with van der Waals surface area (Å²) in [5, 5.41) is 21.1. The molecular weight excluding hydrogens is 210 g/mol. The van der Waals surface area contributed by atoms with E-state index >= 15 is 0 Å². The van der Waals surface area contributed by atoms with Crippen molar-refractivity contribution in [3.05, 3.63) is 56.7 Å². The number of hydrogen-bond donors (Lipinski definition) is 1. The van der Waals surface area contributed by atoms with Crippen LogP contribution in [0.5, 0.6) is 5.75 Å². The Bertz CT molecular complexity index is 636. The van der Waals surface area contributed by atoms with Gasteiger partial charge < -0.3 is 5.11 Å². The second kappa shape index (κ2) is 3.62. The summed E-state index contributed by atoms with van der Waals surface area (Å²) >= 11 is 0. The maximum Gasteiger partial charge on any atom is 0.322 e. The third-order valence-electron chi connectivity index (χ3n) is 2.27.